The van der Waals surface area contributed by atoms with Crippen molar-refractivity contribution >= 4 is 11.9 Å². The Kier molecular flexibility index (Phi) is 4.66. The summed E-state index contributed by atoms with van der Waals surface area (Å²) in [6, 6.07) is 15.6. The molecule has 0 atom stereocenters. The summed E-state index contributed by atoms with van der Waals surface area (Å²) in [6.07, 6.45) is -5.56. The number of hydrogen-bond donors (Lipinski definition) is 1. The van der Waals surface area contributed by atoms with Gasteiger partial charge in [-0.1, -0.05) is 35.9 Å². The quantitative estimate of drug-likeness (QED) is 0.728. The average Bonchev–Trinajstić information content (AvgIpc) is 3.00. The Morgan fingerprint density at radius 3 is 2.35 bits per heavy atom. The summed E-state index contributed by atoms with van der Waals surface area (Å²) in [5.41, 5.74) is 0.198. The number of para-hydroxylation sites is 1. The summed E-state index contributed by atoms with van der Waals surface area (Å²) in [4.78, 5) is 12.0. The Hall–Kier alpha value is -3.29. The molecule has 5 nitrogen and oxygen atoms in total. The fourth-order valence-corrected chi connectivity index (χ4v) is 2.22. The van der Waals surface area contributed by atoms with Crippen molar-refractivity contribution in [3.8, 4) is 11.4 Å². The number of anilines is 1. The second-order valence-corrected chi connectivity index (χ2v) is 5.49. The summed E-state index contributed by atoms with van der Waals surface area (Å²) >= 11 is 0. The maximum absolute atomic E-state index is 13.0. The van der Waals surface area contributed by atoms with Crippen LogP contribution in [0, 0.1) is 6.92 Å². The van der Waals surface area contributed by atoms with E-state index in [4.69, 9.17) is 4.74 Å². The summed E-state index contributed by atoms with van der Waals surface area (Å²) in [7, 11) is 0. The van der Waals surface area contributed by atoms with Gasteiger partial charge < -0.3 is 4.74 Å². The Balaban J connectivity index is 1.90. The van der Waals surface area contributed by atoms with Crippen LogP contribution in [0.2, 0.25) is 0 Å². The number of alkyl halides is 3. The first-order valence-corrected chi connectivity index (χ1v) is 7.61. The summed E-state index contributed by atoms with van der Waals surface area (Å²) < 4.78 is 45.1. The molecule has 0 aliphatic rings. The van der Waals surface area contributed by atoms with Crippen LogP contribution in [0.25, 0.3) is 5.69 Å². The van der Waals surface area contributed by atoms with Crippen molar-refractivity contribution in [1.82, 2.24) is 9.78 Å². The monoisotopic (exact) mass is 361 g/mol. The van der Waals surface area contributed by atoms with E-state index in [1.807, 2.05) is 6.92 Å². The molecule has 0 aliphatic carbocycles. The van der Waals surface area contributed by atoms with E-state index in [2.05, 4.69) is 10.4 Å². The molecule has 1 amide bonds. The third kappa shape index (κ3) is 4.02. The van der Waals surface area contributed by atoms with E-state index in [0.29, 0.717) is 5.69 Å². The van der Waals surface area contributed by atoms with E-state index in [-0.39, 0.29) is 11.6 Å². The van der Waals surface area contributed by atoms with Crippen molar-refractivity contribution < 1.29 is 22.7 Å². The molecule has 0 saturated heterocycles. The van der Waals surface area contributed by atoms with Crippen molar-refractivity contribution in [1.29, 1.82) is 0 Å². The molecule has 0 unspecified atom stereocenters. The normalized spacial score (nSPS) is 11.2. The Labute approximate surface area is 147 Å². The van der Waals surface area contributed by atoms with Crippen molar-refractivity contribution in [2.24, 2.45) is 0 Å². The maximum Gasteiger partial charge on any atom is 0.435 e. The van der Waals surface area contributed by atoms with Gasteiger partial charge in [-0.25, -0.2) is 9.48 Å². The minimum Gasteiger partial charge on any atom is -0.410 e. The van der Waals surface area contributed by atoms with Crippen molar-refractivity contribution in [2.45, 2.75) is 13.1 Å². The van der Waals surface area contributed by atoms with Crippen LogP contribution in [0.4, 0.5) is 23.8 Å². The second kappa shape index (κ2) is 6.91. The SMILES string of the molecule is Cc1ccc(-n2nc(C(F)(F)F)cc2NC(=O)Oc2ccccc2)cc1. The van der Waals surface area contributed by atoms with Crippen LogP contribution < -0.4 is 10.1 Å². The number of hydrogen-bond acceptors (Lipinski definition) is 3. The van der Waals surface area contributed by atoms with E-state index in [1.165, 1.54) is 0 Å². The zero-order valence-corrected chi connectivity index (χ0v) is 13.6. The zero-order chi connectivity index (χ0) is 18.7. The van der Waals surface area contributed by atoms with Gasteiger partial charge in [0.05, 0.1) is 5.69 Å². The number of halogens is 3. The van der Waals surface area contributed by atoms with Gasteiger partial charge >= 0.3 is 12.3 Å². The van der Waals surface area contributed by atoms with Gasteiger partial charge in [0.25, 0.3) is 0 Å². The lowest BCUT2D eigenvalue weighted by atomic mass is 10.2. The highest BCUT2D eigenvalue weighted by Gasteiger charge is 2.35. The molecule has 0 fully saturated rings. The van der Waals surface area contributed by atoms with Crippen molar-refractivity contribution in [2.75, 3.05) is 5.32 Å². The van der Waals surface area contributed by atoms with E-state index >= 15 is 0 Å². The molecule has 0 radical (unpaired) electrons. The number of carbonyl (C=O) groups is 1. The number of benzene rings is 2. The molecule has 3 aromatic rings. The molecule has 1 heterocycles. The topological polar surface area (TPSA) is 56.2 Å². The van der Waals surface area contributed by atoms with Crippen LogP contribution in [0.15, 0.2) is 60.7 Å². The summed E-state index contributed by atoms with van der Waals surface area (Å²) in [5, 5.41) is 5.87. The molecule has 3 rings (SSSR count). The maximum atomic E-state index is 13.0. The minimum atomic E-state index is -4.64. The number of rotatable bonds is 3. The van der Waals surface area contributed by atoms with Gasteiger partial charge in [-0.15, -0.1) is 0 Å². The number of carbonyl (C=O) groups excluding carboxylic acids is 1. The van der Waals surface area contributed by atoms with Crippen LogP contribution in [-0.2, 0) is 6.18 Å². The largest absolute Gasteiger partial charge is 0.435 e. The molecule has 1 N–H and O–H groups in total. The lowest BCUT2D eigenvalue weighted by molar-refractivity contribution is -0.141. The van der Waals surface area contributed by atoms with Crippen LogP contribution in [0.5, 0.6) is 5.75 Å². The summed E-state index contributed by atoms with van der Waals surface area (Å²) in [6.45, 7) is 1.85. The summed E-state index contributed by atoms with van der Waals surface area (Å²) in [5.74, 6) is 0.115. The Morgan fingerprint density at radius 2 is 1.73 bits per heavy atom. The van der Waals surface area contributed by atoms with E-state index < -0.39 is 18.0 Å². The van der Waals surface area contributed by atoms with Crippen LogP contribution in [-0.4, -0.2) is 15.9 Å². The van der Waals surface area contributed by atoms with Gasteiger partial charge in [0.15, 0.2) is 5.69 Å². The highest BCUT2D eigenvalue weighted by Crippen LogP contribution is 2.31. The van der Waals surface area contributed by atoms with E-state index in [0.717, 1.165) is 16.3 Å². The van der Waals surface area contributed by atoms with E-state index in [1.54, 1.807) is 54.6 Å². The molecule has 0 spiro atoms. The average molecular weight is 361 g/mol. The van der Waals surface area contributed by atoms with Gasteiger partial charge in [-0.05, 0) is 31.2 Å². The van der Waals surface area contributed by atoms with Gasteiger partial charge in [0.1, 0.15) is 11.6 Å². The predicted molar refractivity (Wildman–Crippen MR) is 89.4 cm³/mol. The number of nitrogens with zero attached hydrogens (tertiary/aromatic N) is 2. The molecular formula is C18H14F3N3O2. The smallest absolute Gasteiger partial charge is 0.410 e. The first kappa shape index (κ1) is 17.5. The van der Waals surface area contributed by atoms with Gasteiger partial charge in [-0.2, -0.15) is 18.3 Å². The molecule has 0 saturated carbocycles. The molecule has 0 aliphatic heterocycles. The lowest BCUT2D eigenvalue weighted by Gasteiger charge is -2.09. The number of nitrogens with one attached hydrogen (secondary N) is 1. The van der Waals surface area contributed by atoms with Crippen LogP contribution >= 0.6 is 0 Å². The lowest BCUT2D eigenvalue weighted by Crippen LogP contribution is -2.19. The molecule has 8 heteroatoms. The molecule has 134 valence electrons. The fraction of sp³-hybridized carbons (Fsp3) is 0.111. The predicted octanol–water partition coefficient (Wildman–Crippen LogP) is 4.81. The minimum absolute atomic E-state index is 0.151. The zero-order valence-electron chi connectivity index (χ0n) is 13.6. The highest BCUT2D eigenvalue weighted by atomic mass is 19.4. The van der Waals surface area contributed by atoms with Crippen molar-refractivity contribution in [3.63, 3.8) is 0 Å². The van der Waals surface area contributed by atoms with Crippen LogP contribution in [0.3, 0.4) is 0 Å². The third-order valence-corrected chi connectivity index (χ3v) is 3.46. The van der Waals surface area contributed by atoms with Crippen LogP contribution in [0.1, 0.15) is 11.3 Å². The molecule has 0 bridgehead atoms. The van der Waals surface area contributed by atoms with Crippen molar-refractivity contribution in [3.05, 3.63) is 71.9 Å². The first-order chi connectivity index (χ1) is 12.3. The number of aryl methyl sites for hydroxylation is 1. The molecule has 26 heavy (non-hydrogen) atoms. The Morgan fingerprint density at radius 1 is 1.08 bits per heavy atom. The van der Waals surface area contributed by atoms with Gasteiger partial charge in [0.2, 0.25) is 0 Å². The second-order valence-electron chi connectivity index (χ2n) is 5.49. The fourth-order valence-electron chi connectivity index (χ4n) is 2.22. The van der Waals surface area contributed by atoms with Gasteiger partial charge in [0, 0.05) is 6.07 Å². The molecular weight excluding hydrogens is 347 g/mol. The highest BCUT2D eigenvalue weighted by molar-refractivity contribution is 5.85. The Bertz CT molecular complexity index is 904. The number of ether oxygens (including phenoxy) is 1. The molecule has 1 aromatic heterocycles. The molecule has 2 aromatic carbocycles. The van der Waals surface area contributed by atoms with E-state index in [9.17, 15) is 18.0 Å². The first-order valence-electron chi connectivity index (χ1n) is 7.61. The number of aromatic nitrogens is 2. The third-order valence-electron chi connectivity index (χ3n) is 3.46. The number of amides is 1. The standard InChI is InChI=1S/C18H14F3N3O2/c1-12-7-9-13(10-8-12)24-16(11-15(23-24)18(19,20)21)22-17(25)26-14-5-3-2-4-6-14/h2-11H,1H3,(H,22,25). The van der Waals surface area contributed by atoms with Gasteiger partial charge in [-0.3, -0.25) is 5.32 Å².